The topological polar surface area (TPSA) is 111 Å². The Hall–Kier alpha value is -1.47. The Balaban J connectivity index is 2.22. The van der Waals surface area contributed by atoms with E-state index in [0.717, 1.165) is 0 Å². The van der Waals surface area contributed by atoms with Crippen LogP contribution in [-0.2, 0) is 12.0 Å². The van der Waals surface area contributed by atoms with Crippen molar-refractivity contribution in [1.82, 2.24) is 10.3 Å². The van der Waals surface area contributed by atoms with Gasteiger partial charge in [-0.25, -0.2) is 4.63 Å². The molecule has 0 amide bonds. The van der Waals surface area contributed by atoms with Crippen LogP contribution < -0.4 is 5.73 Å². The summed E-state index contributed by atoms with van der Waals surface area (Å²) in [6, 6.07) is 0. The summed E-state index contributed by atoms with van der Waals surface area (Å²) in [5.41, 5.74) is 4.61. The highest BCUT2D eigenvalue weighted by atomic mass is 16.6. The van der Waals surface area contributed by atoms with Crippen molar-refractivity contribution in [2.75, 3.05) is 0 Å². The molecule has 16 heavy (non-hydrogen) atoms. The minimum Gasteiger partial charge on any atom is -0.622 e. The fourth-order valence-electron chi connectivity index (χ4n) is 2.69. The SMILES string of the molecule is CC1=[N+]([O-])C2(N)CCc3nonc3C2(O)C1. The number of aryl methyl sites for hydroxylation is 1. The molecule has 3 rings (SSSR count). The van der Waals surface area contributed by atoms with Gasteiger partial charge < -0.3 is 10.3 Å². The van der Waals surface area contributed by atoms with Crippen molar-refractivity contribution in [3.05, 3.63) is 16.6 Å². The molecule has 0 radical (unpaired) electrons. The fourth-order valence-corrected chi connectivity index (χ4v) is 2.69. The zero-order valence-electron chi connectivity index (χ0n) is 8.80. The van der Waals surface area contributed by atoms with Gasteiger partial charge in [0.2, 0.25) is 5.60 Å². The average molecular weight is 224 g/mol. The third kappa shape index (κ3) is 0.840. The van der Waals surface area contributed by atoms with E-state index in [1.165, 1.54) is 0 Å². The monoisotopic (exact) mass is 224 g/mol. The number of nitrogens with zero attached hydrogens (tertiary/aromatic N) is 3. The summed E-state index contributed by atoms with van der Waals surface area (Å²) in [5.74, 6) is 0. The summed E-state index contributed by atoms with van der Waals surface area (Å²) in [7, 11) is 0. The van der Waals surface area contributed by atoms with Crippen molar-refractivity contribution in [3.8, 4) is 0 Å². The van der Waals surface area contributed by atoms with E-state index in [1.807, 2.05) is 0 Å². The lowest BCUT2D eigenvalue weighted by Crippen LogP contribution is -2.62. The minimum absolute atomic E-state index is 0.175. The van der Waals surface area contributed by atoms with Gasteiger partial charge in [0.05, 0.1) is 6.42 Å². The number of nitrogens with two attached hydrogens (primary N) is 1. The number of aromatic nitrogens is 2. The van der Waals surface area contributed by atoms with Gasteiger partial charge in [-0.15, -0.1) is 0 Å². The Morgan fingerprint density at radius 3 is 3.06 bits per heavy atom. The Labute approximate surface area is 91.1 Å². The molecule has 2 heterocycles. The molecule has 0 bridgehead atoms. The number of rotatable bonds is 0. The fraction of sp³-hybridized carbons (Fsp3) is 0.667. The molecule has 86 valence electrons. The molecule has 3 N–H and O–H groups in total. The summed E-state index contributed by atoms with van der Waals surface area (Å²) in [6.07, 6.45) is 1.00. The zero-order valence-corrected chi connectivity index (χ0v) is 8.80. The first kappa shape index (κ1) is 9.73. The van der Waals surface area contributed by atoms with Crippen molar-refractivity contribution in [3.63, 3.8) is 0 Å². The molecule has 0 saturated carbocycles. The van der Waals surface area contributed by atoms with Gasteiger partial charge in [0.25, 0.3) is 5.66 Å². The Kier molecular flexibility index (Phi) is 1.59. The number of hydrogen-bond donors (Lipinski definition) is 2. The van der Waals surface area contributed by atoms with Gasteiger partial charge in [0.15, 0.2) is 5.71 Å². The maximum Gasteiger partial charge on any atom is 0.259 e. The van der Waals surface area contributed by atoms with Gasteiger partial charge in [-0.05, 0) is 0 Å². The van der Waals surface area contributed by atoms with E-state index in [4.69, 9.17) is 5.73 Å². The molecule has 1 aliphatic heterocycles. The van der Waals surface area contributed by atoms with E-state index in [-0.39, 0.29) is 6.42 Å². The Bertz CT molecular complexity index is 497. The predicted molar refractivity (Wildman–Crippen MR) is 52.4 cm³/mol. The lowest BCUT2D eigenvalue weighted by Gasteiger charge is -2.37. The molecular weight excluding hydrogens is 212 g/mol. The van der Waals surface area contributed by atoms with Gasteiger partial charge in [0, 0.05) is 19.8 Å². The molecule has 1 aliphatic carbocycles. The van der Waals surface area contributed by atoms with Crippen LogP contribution in [0.1, 0.15) is 31.2 Å². The summed E-state index contributed by atoms with van der Waals surface area (Å²) >= 11 is 0. The van der Waals surface area contributed by atoms with E-state index >= 15 is 0 Å². The van der Waals surface area contributed by atoms with Crippen molar-refractivity contribution in [1.29, 1.82) is 0 Å². The molecule has 1 aromatic heterocycles. The van der Waals surface area contributed by atoms with Crippen LogP contribution in [-0.4, -0.2) is 31.5 Å². The molecule has 0 saturated heterocycles. The van der Waals surface area contributed by atoms with Crippen molar-refractivity contribution in [2.45, 2.75) is 37.5 Å². The first-order valence-electron chi connectivity index (χ1n) is 5.12. The van der Waals surface area contributed by atoms with Crippen LogP contribution in [0.15, 0.2) is 4.63 Å². The molecule has 7 heteroatoms. The second kappa shape index (κ2) is 2.61. The molecule has 7 nitrogen and oxygen atoms in total. The molecule has 0 fully saturated rings. The number of hydroxylamine groups is 1. The zero-order chi connectivity index (χ0) is 11.6. The molecule has 2 aliphatic rings. The van der Waals surface area contributed by atoms with Crippen LogP contribution in [0.5, 0.6) is 0 Å². The largest absolute Gasteiger partial charge is 0.622 e. The van der Waals surface area contributed by atoms with Gasteiger partial charge in [-0.3, -0.25) is 5.73 Å². The first-order chi connectivity index (χ1) is 7.49. The molecular formula is C9H12N4O3. The second-order valence-corrected chi connectivity index (χ2v) is 4.55. The van der Waals surface area contributed by atoms with E-state index in [9.17, 15) is 10.3 Å². The highest BCUT2D eigenvalue weighted by Gasteiger charge is 2.66. The molecule has 0 aromatic carbocycles. The van der Waals surface area contributed by atoms with Crippen LogP contribution in [0, 0.1) is 5.21 Å². The van der Waals surface area contributed by atoms with Crippen molar-refractivity contribution < 1.29 is 14.5 Å². The third-order valence-electron chi connectivity index (χ3n) is 3.63. The van der Waals surface area contributed by atoms with E-state index in [2.05, 4.69) is 14.9 Å². The lowest BCUT2D eigenvalue weighted by atomic mass is 9.76. The maximum absolute atomic E-state index is 11.9. The summed E-state index contributed by atoms with van der Waals surface area (Å²) in [5, 5.41) is 29.9. The predicted octanol–water partition coefficient (Wildman–Crippen LogP) is -0.767. The normalized spacial score (nSPS) is 37.4. The van der Waals surface area contributed by atoms with Crippen molar-refractivity contribution >= 4 is 5.71 Å². The average Bonchev–Trinajstić information content (AvgIpc) is 2.77. The highest BCUT2D eigenvalue weighted by Crippen LogP contribution is 2.46. The second-order valence-electron chi connectivity index (χ2n) is 4.55. The van der Waals surface area contributed by atoms with Crippen molar-refractivity contribution in [2.24, 2.45) is 5.73 Å². The smallest absolute Gasteiger partial charge is 0.259 e. The van der Waals surface area contributed by atoms with Gasteiger partial charge >= 0.3 is 0 Å². The molecule has 0 spiro atoms. The highest BCUT2D eigenvalue weighted by molar-refractivity contribution is 5.80. The standard InChI is InChI=1S/C9H12N4O3/c1-5-4-8(14)7-6(11-16-12-7)2-3-9(8,10)13(5)15/h14H,2-4,10H2,1H3. The number of fused-ring (bicyclic) bond motifs is 3. The van der Waals surface area contributed by atoms with Gasteiger partial charge in [-0.1, -0.05) is 10.3 Å². The third-order valence-corrected chi connectivity index (χ3v) is 3.63. The Morgan fingerprint density at radius 1 is 1.56 bits per heavy atom. The quantitative estimate of drug-likeness (QED) is 0.442. The van der Waals surface area contributed by atoms with Crippen LogP contribution in [0.4, 0.5) is 0 Å². The van der Waals surface area contributed by atoms with E-state index < -0.39 is 11.3 Å². The van der Waals surface area contributed by atoms with Crippen LogP contribution in [0.2, 0.25) is 0 Å². The van der Waals surface area contributed by atoms with Crippen LogP contribution in [0.3, 0.4) is 0 Å². The van der Waals surface area contributed by atoms with E-state index in [1.54, 1.807) is 6.92 Å². The minimum atomic E-state index is -1.48. The molecule has 2 atom stereocenters. The van der Waals surface area contributed by atoms with Gasteiger partial charge in [0.1, 0.15) is 11.4 Å². The van der Waals surface area contributed by atoms with Crippen LogP contribution in [0.25, 0.3) is 0 Å². The summed E-state index contributed by atoms with van der Waals surface area (Å²) < 4.78 is 5.31. The number of hydrogen-bond acceptors (Lipinski definition) is 6. The molecule has 1 aromatic rings. The Morgan fingerprint density at radius 2 is 2.31 bits per heavy atom. The van der Waals surface area contributed by atoms with E-state index in [0.29, 0.717) is 34.7 Å². The molecule has 2 unspecified atom stereocenters. The maximum atomic E-state index is 11.9. The first-order valence-corrected chi connectivity index (χ1v) is 5.12. The number of aliphatic hydroxyl groups is 1. The van der Waals surface area contributed by atoms with Gasteiger partial charge in [-0.2, -0.15) is 4.74 Å². The van der Waals surface area contributed by atoms with Crippen LogP contribution >= 0.6 is 0 Å². The lowest BCUT2D eigenvalue weighted by molar-refractivity contribution is -0.567. The summed E-state index contributed by atoms with van der Waals surface area (Å²) in [4.78, 5) is 0. The summed E-state index contributed by atoms with van der Waals surface area (Å²) in [6.45, 7) is 1.66.